The predicted octanol–water partition coefficient (Wildman–Crippen LogP) is 17.2. The summed E-state index contributed by atoms with van der Waals surface area (Å²) in [7, 11) is 0. The summed E-state index contributed by atoms with van der Waals surface area (Å²) in [6, 6.07) is 75.7. The molecule has 0 spiro atoms. The van der Waals surface area contributed by atoms with Crippen molar-refractivity contribution in [2.45, 2.75) is 0 Å². The van der Waals surface area contributed by atoms with Crippen LogP contribution in [0.4, 0.5) is 0 Å². The molecule has 0 saturated heterocycles. The molecule has 2 heteroatoms. The maximum absolute atomic E-state index is 6.44. The third-order valence-corrected chi connectivity index (χ3v) is 13.8. The molecule has 0 saturated carbocycles. The minimum Gasteiger partial charge on any atom is -0.456 e. The standard InChI is InChI=1S/C58H34OS/c1-2-16-35(17-3-1)53-39-19-4-8-23-43(39)55(44-24-9-5-20-40(44)53)47-27-14-30-51-57(47)58-48(28-15-31-52(58)60-51)56-45-25-10-6-21-41(45)54(42-22-7-11-26-46(42)56)36-32-33-38-37-18-12-13-29-49(37)59-50(38)34-36/h1-34H. The van der Waals surface area contributed by atoms with Crippen molar-refractivity contribution >= 4 is 96.5 Å². The van der Waals surface area contributed by atoms with Gasteiger partial charge in [-0.3, -0.25) is 0 Å². The topological polar surface area (TPSA) is 13.1 Å². The molecule has 0 radical (unpaired) electrons. The van der Waals surface area contributed by atoms with Crippen molar-refractivity contribution in [2.24, 2.45) is 0 Å². The molecule has 2 aromatic heterocycles. The highest BCUT2D eigenvalue weighted by Crippen LogP contribution is 2.52. The molecular formula is C58H34OS. The highest BCUT2D eigenvalue weighted by molar-refractivity contribution is 7.26. The van der Waals surface area contributed by atoms with Gasteiger partial charge in [-0.15, -0.1) is 11.3 Å². The largest absolute Gasteiger partial charge is 0.456 e. The second kappa shape index (κ2) is 13.0. The lowest BCUT2D eigenvalue weighted by Crippen LogP contribution is -1.92. The second-order valence-corrected chi connectivity index (χ2v) is 16.9. The van der Waals surface area contributed by atoms with E-state index in [0.29, 0.717) is 0 Å². The monoisotopic (exact) mass is 778 g/mol. The van der Waals surface area contributed by atoms with Gasteiger partial charge in [-0.2, -0.15) is 0 Å². The Morgan fingerprint density at radius 2 is 0.667 bits per heavy atom. The van der Waals surface area contributed by atoms with Gasteiger partial charge in [0.15, 0.2) is 0 Å². The first-order chi connectivity index (χ1) is 29.8. The number of hydrogen-bond acceptors (Lipinski definition) is 2. The van der Waals surface area contributed by atoms with Gasteiger partial charge in [0.2, 0.25) is 0 Å². The molecular weight excluding hydrogens is 745 g/mol. The van der Waals surface area contributed by atoms with E-state index in [-0.39, 0.29) is 0 Å². The van der Waals surface area contributed by atoms with Crippen molar-refractivity contribution in [3.63, 3.8) is 0 Å². The second-order valence-electron chi connectivity index (χ2n) is 15.8. The lowest BCUT2D eigenvalue weighted by Gasteiger charge is -2.20. The van der Waals surface area contributed by atoms with E-state index in [1.54, 1.807) is 0 Å². The van der Waals surface area contributed by atoms with Crippen molar-refractivity contribution in [3.05, 3.63) is 206 Å². The van der Waals surface area contributed by atoms with E-state index in [1.165, 1.54) is 102 Å². The van der Waals surface area contributed by atoms with E-state index in [0.717, 1.165) is 27.5 Å². The van der Waals surface area contributed by atoms with Gasteiger partial charge in [0.1, 0.15) is 11.2 Å². The zero-order chi connectivity index (χ0) is 39.3. The van der Waals surface area contributed by atoms with Crippen LogP contribution in [0.15, 0.2) is 211 Å². The van der Waals surface area contributed by atoms with Gasteiger partial charge in [0.25, 0.3) is 0 Å². The number of benzene rings is 11. The summed E-state index contributed by atoms with van der Waals surface area (Å²) in [4.78, 5) is 0. The SMILES string of the molecule is c1ccc(-c2c3ccccc3c(-c3cccc4sc5cccc(-c6c7ccccc7c(-c7ccc8c(c7)oc7ccccc78)c7ccccc67)c5c34)c3ccccc23)cc1. The van der Waals surface area contributed by atoms with Gasteiger partial charge in [0.05, 0.1) is 0 Å². The maximum Gasteiger partial charge on any atom is 0.136 e. The van der Waals surface area contributed by atoms with Gasteiger partial charge in [-0.25, -0.2) is 0 Å². The quantitative estimate of drug-likeness (QED) is 0.162. The van der Waals surface area contributed by atoms with Crippen molar-refractivity contribution in [2.75, 3.05) is 0 Å². The summed E-state index contributed by atoms with van der Waals surface area (Å²) in [6.45, 7) is 0. The summed E-state index contributed by atoms with van der Waals surface area (Å²) in [6.07, 6.45) is 0. The molecule has 2 heterocycles. The lowest BCUT2D eigenvalue weighted by atomic mass is 9.83. The van der Waals surface area contributed by atoms with Crippen LogP contribution < -0.4 is 0 Å². The number of rotatable bonds is 4. The molecule has 0 aliphatic carbocycles. The third kappa shape index (κ3) is 4.80. The van der Waals surface area contributed by atoms with Gasteiger partial charge < -0.3 is 4.42 Å². The van der Waals surface area contributed by atoms with Crippen LogP contribution in [0, 0.1) is 0 Å². The number of para-hydroxylation sites is 1. The summed E-state index contributed by atoms with van der Waals surface area (Å²) < 4.78 is 9.02. The van der Waals surface area contributed by atoms with Crippen LogP contribution >= 0.6 is 11.3 Å². The Hall–Kier alpha value is -7.52. The molecule has 0 fully saturated rings. The Labute approximate surface area is 350 Å². The minimum absolute atomic E-state index is 0.907. The van der Waals surface area contributed by atoms with Crippen LogP contribution in [-0.2, 0) is 0 Å². The predicted molar refractivity (Wildman–Crippen MR) is 258 cm³/mol. The first-order valence-electron chi connectivity index (χ1n) is 20.6. The molecule has 278 valence electrons. The summed E-state index contributed by atoms with van der Waals surface area (Å²) >= 11 is 1.89. The summed E-state index contributed by atoms with van der Waals surface area (Å²) in [5.74, 6) is 0. The molecule has 0 amide bonds. The molecule has 0 bridgehead atoms. The highest BCUT2D eigenvalue weighted by Gasteiger charge is 2.24. The minimum atomic E-state index is 0.907. The zero-order valence-electron chi connectivity index (χ0n) is 32.4. The van der Waals surface area contributed by atoms with E-state index in [1.807, 2.05) is 17.4 Å². The number of hydrogen-bond donors (Lipinski definition) is 0. The molecule has 13 aromatic rings. The number of fused-ring (bicyclic) bond motifs is 10. The van der Waals surface area contributed by atoms with E-state index in [4.69, 9.17) is 4.42 Å². The average molecular weight is 779 g/mol. The van der Waals surface area contributed by atoms with Gasteiger partial charge in [0, 0.05) is 30.9 Å². The van der Waals surface area contributed by atoms with Crippen molar-refractivity contribution in [1.82, 2.24) is 0 Å². The Bertz CT molecular complexity index is 3770. The number of thiophene rings is 1. The zero-order valence-corrected chi connectivity index (χ0v) is 33.3. The molecule has 0 aliphatic heterocycles. The fourth-order valence-corrected chi connectivity index (χ4v) is 11.4. The third-order valence-electron chi connectivity index (χ3n) is 12.7. The smallest absolute Gasteiger partial charge is 0.136 e. The van der Waals surface area contributed by atoms with Crippen molar-refractivity contribution < 1.29 is 4.42 Å². The Morgan fingerprint density at radius 3 is 1.17 bits per heavy atom. The molecule has 11 aromatic carbocycles. The van der Waals surface area contributed by atoms with Crippen LogP contribution in [0.1, 0.15) is 0 Å². The van der Waals surface area contributed by atoms with E-state index < -0.39 is 0 Å². The van der Waals surface area contributed by atoms with Gasteiger partial charge >= 0.3 is 0 Å². The van der Waals surface area contributed by atoms with Crippen LogP contribution in [-0.4, -0.2) is 0 Å². The lowest BCUT2D eigenvalue weighted by molar-refractivity contribution is 0.669. The van der Waals surface area contributed by atoms with Crippen molar-refractivity contribution in [3.8, 4) is 44.5 Å². The molecule has 60 heavy (non-hydrogen) atoms. The van der Waals surface area contributed by atoms with E-state index in [2.05, 4.69) is 200 Å². The molecule has 0 N–H and O–H groups in total. The molecule has 0 unspecified atom stereocenters. The normalized spacial score (nSPS) is 12.0. The first kappa shape index (κ1) is 33.5. The summed E-state index contributed by atoms with van der Waals surface area (Å²) in [5, 5.41) is 14.9. The van der Waals surface area contributed by atoms with Crippen LogP contribution in [0.3, 0.4) is 0 Å². The Morgan fingerprint density at radius 1 is 0.267 bits per heavy atom. The maximum atomic E-state index is 6.44. The fraction of sp³-hybridized carbons (Fsp3) is 0. The molecule has 0 aliphatic rings. The highest BCUT2D eigenvalue weighted by atomic mass is 32.1. The van der Waals surface area contributed by atoms with Crippen LogP contribution in [0.25, 0.3) is 130 Å². The van der Waals surface area contributed by atoms with Crippen LogP contribution in [0.5, 0.6) is 0 Å². The first-order valence-corrected chi connectivity index (χ1v) is 21.4. The fourth-order valence-electron chi connectivity index (χ4n) is 10.2. The van der Waals surface area contributed by atoms with E-state index in [9.17, 15) is 0 Å². The van der Waals surface area contributed by atoms with E-state index >= 15 is 0 Å². The van der Waals surface area contributed by atoms with Crippen LogP contribution in [0.2, 0.25) is 0 Å². The summed E-state index contributed by atoms with van der Waals surface area (Å²) in [5.41, 5.74) is 11.8. The molecule has 1 nitrogen and oxygen atoms in total. The Kier molecular flexibility index (Phi) is 7.24. The number of furan rings is 1. The van der Waals surface area contributed by atoms with Gasteiger partial charge in [-0.1, -0.05) is 176 Å². The molecule has 0 atom stereocenters. The van der Waals surface area contributed by atoms with Gasteiger partial charge in [-0.05, 0) is 118 Å². The van der Waals surface area contributed by atoms with Crippen molar-refractivity contribution in [1.29, 1.82) is 0 Å². The molecule has 13 rings (SSSR count). The average Bonchev–Trinajstić information content (AvgIpc) is 3.89. The Balaban J connectivity index is 1.13.